The zero-order valence-electron chi connectivity index (χ0n) is 23.8. The maximum atomic E-state index is 13.5. The zero-order chi connectivity index (χ0) is 30.3. The molecule has 4 atom stereocenters. The Hall–Kier alpha value is -3.66. The van der Waals surface area contributed by atoms with Crippen molar-refractivity contribution in [3.63, 3.8) is 0 Å². The van der Waals surface area contributed by atoms with E-state index in [9.17, 15) is 14.7 Å². The fourth-order valence-electron chi connectivity index (χ4n) is 5.45. The molecule has 228 valence electrons. The molecule has 3 aliphatic rings. The normalized spacial score (nSPS) is 21.3. The first-order valence-corrected chi connectivity index (χ1v) is 15.2. The van der Waals surface area contributed by atoms with Crippen LogP contribution in [0.15, 0.2) is 83.1 Å². The summed E-state index contributed by atoms with van der Waals surface area (Å²) >= 11 is 12.4. The summed E-state index contributed by atoms with van der Waals surface area (Å²) in [5.74, 6) is 1.16. The molecule has 5 rings (SSSR count). The summed E-state index contributed by atoms with van der Waals surface area (Å²) in [7, 11) is 0. The first-order chi connectivity index (χ1) is 20.8. The van der Waals surface area contributed by atoms with Crippen molar-refractivity contribution in [2.24, 2.45) is 5.92 Å². The van der Waals surface area contributed by atoms with Gasteiger partial charge in [-0.05, 0) is 66.5 Å². The number of hydrogen-bond acceptors (Lipinski definition) is 7. The second kappa shape index (κ2) is 14.2. The van der Waals surface area contributed by atoms with Crippen molar-refractivity contribution in [2.75, 3.05) is 26.3 Å². The highest BCUT2D eigenvalue weighted by molar-refractivity contribution is 6.31. The number of nitrogens with zero attached hydrogens (tertiary/aromatic N) is 1. The van der Waals surface area contributed by atoms with Crippen LogP contribution >= 0.6 is 23.2 Å². The third-order valence-corrected chi connectivity index (χ3v) is 8.06. The molecule has 0 aromatic heterocycles. The van der Waals surface area contributed by atoms with Crippen molar-refractivity contribution in [2.45, 2.75) is 44.4 Å². The van der Waals surface area contributed by atoms with Crippen LogP contribution in [0.1, 0.15) is 37.8 Å². The van der Waals surface area contributed by atoms with Gasteiger partial charge in [0.25, 0.3) is 0 Å². The Labute approximate surface area is 261 Å². The van der Waals surface area contributed by atoms with Crippen LogP contribution in [0, 0.1) is 5.92 Å². The van der Waals surface area contributed by atoms with Gasteiger partial charge in [0.2, 0.25) is 0 Å². The number of carbonyl (C=O) groups excluding carboxylic acids is 2. The maximum absolute atomic E-state index is 13.5. The number of rotatable bonds is 10. The lowest BCUT2D eigenvalue weighted by Crippen LogP contribution is -2.43. The van der Waals surface area contributed by atoms with Gasteiger partial charge in [0.05, 0.1) is 25.4 Å². The zero-order valence-corrected chi connectivity index (χ0v) is 25.3. The molecular formula is C32H35Cl2N3O6. The van der Waals surface area contributed by atoms with Gasteiger partial charge in [-0.1, -0.05) is 54.4 Å². The molecule has 0 radical (unpaired) electrons. The van der Waals surface area contributed by atoms with E-state index >= 15 is 0 Å². The summed E-state index contributed by atoms with van der Waals surface area (Å²) in [6.07, 6.45) is 6.01. The van der Waals surface area contributed by atoms with Crippen molar-refractivity contribution in [1.82, 2.24) is 15.5 Å². The van der Waals surface area contributed by atoms with E-state index in [1.165, 1.54) is 5.57 Å². The first-order valence-electron chi connectivity index (χ1n) is 14.4. The molecule has 2 aliphatic heterocycles. The largest absolute Gasteiger partial charge is 0.493 e. The van der Waals surface area contributed by atoms with Crippen LogP contribution < -0.4 is 20.1 Å². The second-order valence-electron chi connectivity index (χ2n) is 10.6. The van der Waals surface area contributed by atoms with Crippen LogP contribution in [0.25, 0.3) is 0 Å². The average Bonchev–Trinajstić information content (AvgIpc) is 3.38. The van der Waals surface area contributed by atoms with Crippen LogP contribution in [0.4, 0.5) is 9.59 Å². The molecule has 0 bridgehead atoms. The molecule has 0 spiro atoms. The number of halogens is 2. The van der Waals surface area contributed by atoms with Gasteiger partial charge in [-0.3, -0.25) is 4.90 Å². The maximum Gasteiger partial charge on any atom is 0.416 e. The Bertz CT molecular complexity index is 1390. The van der Waals surface area contributed by atoms with Gasteiger partial charge in [0, 0.05) is 41.2 Å². The van der Waals surface area contributed by atoms with Crippen LogP contribution in [0.3, 0.4) is 0 Å². The van der Waals surface area contributed by atoms with Crippen LogP contribution in [-0.4, -0.2) is 60.6 Å². The minimum absolute atomic E-state index is 0.0688. The monoisotopic (exact) mass is 627 g/mol. The number of allylic oxidation sites excluding steroid dienone is 2. The molecule has 3 unspecified atom stereocenters. The number of fused-ring (bicyclic) bond motifs is 2. The van der Waals surface area contributed by atoms with E-state index in [4.69, 9.17) is 37.4 Å². The Kier molecular flexibility index (Phi) is 10.2. The Morgan fingerprint density at radius 3 is 2.58 bits per heavy atom. The molecule has 1 aliphatic carbocycles. The van der Waals surface area contributed by atoms with Crippen molar-refractivity contribution in [3.8, 4) is 11.5 Å². The molecule has 2 aromatic rings. The van der Waals surface area contributed by atoms with Crippen LogP contribution in [0.2, 0.25) is 5.02 Å². The third-order valence-electron chi connectivity index (χ3n) is 7.55. The summed E-state index contributed by atoms with van der Waals surface area (Å²) < 4.78 is 16.5. The first kappa shape index (κ1) is 30.8. The number of benzene rings is 2. The minimum Gasteiger partial charge on any atom is -0.493 e. The lowest BCUT2D eigenvalue weighted by Gasteiger charge is -2.37. The number of ether oxygens (including phenoxy) is 3. The van der Waals surface area contributed by atoms with Gasteiger partial charge >= 0.3 is 12.2 Å². The molecular weight excluding hydrogens is 593 g/mol. The predicted molar refractivity (Wildman–Crippen MR) is 164 cm³/mol. The molecule has 3 N–H and O–H groups in total. The van der Waals surface area contributed by atoms with E-state index in [-0.39, 0.29) is 25.1 Å². The molecule has 9 nitrogen and oxygen atoms in total. The minimum atomic E-state index is -0.769. The van der Waals surface area contributed by atoms with Gasteiger partial charge in [-0.25, -0.2) is 9.59 Å². The van der Waals surface area contributed by atoms with Crippen molar-refractivity contribution in [3.05, 3.63) is 93.6 Å². The van der Waals surface area contributed by atoms with Gasteiger partial charge in [0.15, 0.2) is 0 Å². The van der Waals surface area contributed by atoms with Gasteiger partial charge in [-0.2, -0.15) is 0 Å². The molecule has 0 saturated carbocycles. The lowest BCUT2D eigenvalue weighted by atomic mass is 9.85. The van der Waals surface area contributed by atoms with Crippen molar-refractivity contribution in [1.29, 1.82) is 0 Å². The highest BCUT2D eigenvalue weighted by atomic mass is 35.5. The summed E-state index contributed by atoms with van der Waals surface area (Å²) in [4.78, 5) is 26.8. The van der Waals surface area contributed by atoms with Crippen LogP contribution in [0.5, 0.6) is 11.5 Å². The van der Waals surface area contributed by atoms with Crippen molar-refractivity contribution < 1.29 is 28.9 Å². The highest BCUT2D eigenvalue weighted by Crippen LogP contribution is 2.45. The number of amides is 2. The molecule has 43 heavy (non-hydrogen) atoms. The topological polar surface area (TPSA) is 109 Å². The number of hydrogen-bond donors (Lipinski definition) is 3. The van der Waals surface area contributed by atoms with E-state index in [0.717, 1.165) is 17.7 Å². The molecule has 2 aromatic carbocycles. The van der Waals surface area contributed by atoms with E-state index in [1.54, 1.807) is 29.2 Å². The SMILES string of the molecule is CCCOC(=O)NCC(O)CCOc1ccc([C@H]2C3=C(CCN2C(=O)Oc2ccc(Cl)cc2)C2C=C(Cl)C=CC2N3)cc1. The second-order valence-corrected chi connectivity index (χ2v) is 11.5. The number of aliphatic hydroxyl groups excluding tert-OH is 1. The Balaban J connectivity index is 1.27. The molecule has 2 heterocycles. The highest BCUT2D eigenvalue weighted by Gasteiger charge is 2.43. The lowest BCUT2D eigenvalue weighted by molar-refractivity contribution is 0.118. The fourth-order valence-corrected chi connectivity index (χ4v) is 5.78. The Morgan fingerprint density at radius 2 is 1.84 bits per heavy atom. The van der Waals surface area contributed by atoms with Gasteiger partial charge in [-0.15, -0.1) is 0 Å². The predicted octanol–water partition coefficient (Wildman–Crippen LogP) is 6.09. The summed E-state index contributed by atoms with van der Waals surface area (Å²) in [5, 5.41) is 17.6. The molecule has 2 amide bonds. The van der Waals surface area contributed by atoms with Crippen molar-refractivity contribution >= 4 is 35.4 Å². The van der Waals surface area contributed by atoms with E-state index in [1.807, 2.05) is 37.3 Å². The van der Waals surface area contributed by atoms with E-state index < -0.39 is 24.3 Å². The number of alkyl carbamates (subject to hydrolysis) is 1. The quantitative estimate of drug-likeness (QED) is 0.292. The standard InChI is InChI=1S/C32H35Cl2N3O6/c1-2-16-42-31(39)35-19-23(38)14-17-41-24-8-3-20(4-9-24)30-29-26(27-18-22(34)7-12-28(27)36-29)13-15-37(30)32(40)43-25-10-5-21(33)6-11-25/h3-12,18,23,27-28,30,36,38H,2,13-17,19H2,1H3,(H,35,39)/t23?,27?,28?,30-/m0/s1. The molecule has 0 fully saturated rings. The number of aliphatic hydroxyl groups is 1. The third kappa shape index (κ3) is 7.65. The average molecular weight is 629 g/mol. The smallest absolute Gasteiger partial charge is 0.416 e. The molecule has 0 saturated heterocycles. The van der Waals surface area contributed by atoms with Gasteiger partial charge < -0.3 is 30.0 Å². The van der Waals surface area contributed by atoms with E-state index in [0.29, 0.717) is 47.5 Å². The van der Waals surface area contributed by atoms with Crippen LogP contribution in [-0.2, 0) is 4.74 Å². The summed E-state index contributed by atoms with van der Waals surface area (Å²) in [6.45, 7) is 3.06. The Morgan fingerprint density at radius 1 is 1.09 bits per heavy atom. The molecule has 11 heteroatoms. The summed E-state index contributed by atoms with van der Waals surface area (Å²) in [6, 6.07) is 13.9. The summed E-state index contributed by atoms with van der Waals surface area (Å²) in [5.41, 5.74) is 3.10. The number of nitrogens with one attached hydrogen (secondary N) is 2. The number of carbonyl (C=O) groups is 2. The van der Waals surface area contributed by atoms with Gasteiger partial charge in [0.1, 0.15) is 17.5 Å². The fraction of sp³-hybridized carbons (Fsp3) is 0.375. The van der Waals surface area contributed by atoms with E-state index in [2.05, 4.69) is 22.8 Å².